The lowest BCUT2D eigenvalue weighted by atomic mass is 9.86. The van der Waals surface area contributed by atoms with Crippen molar-refractivity contribution < 1.29 is 13.2 Å². The smallest absolute Gasteiger partial charge is 0.258 e. The Bertz CT molecular complexity index is 849. The molecule has 0 heterocycles. The first-order chi connectivity index (χ1) is 11.5. The van der Waals surface area contributed by atoms with Crippen LogP contribution in [-0.4, -0.2) is 27.6 Å². The van der Waals surface area contributed by atoms with Gasteiger partial charge in [-0.25, -0.2) is 8.42 Å². The summed E-state index contributed by atoms with van der Waals surface area (Å²) in [7, 11) is -1.62. The predicted molar refractivity (Wildman–Crippen MR) is 103 cm³/mol. The third-order valence-corrected chi connectivity index (χ3v) is 4.47. The van der Waals surface area contributed by atoms with Gasteiger partial charge in [-0.05, 0) is 47.4 Å². The number of carbonyl (C=O) groups is 1. The van der Waals surface area contributed by atoms with E-state index in [0.717, 1.165) is 6.26 Å². The van der Waals surface area contributed by atoms with Gasteiger partial charge in [0.1, 0.15) is 0 Å². The molecule has 0 unspecified atom stereocenters. The van der Waals surface area contributed by atoms with Crippen LogP contribution in [0.3, 0.4) is 0 Å². The Labute approximate surface area is 149 Å². The molecule has 134 valence electrons. The van der Waals surface area contributed by atoms with Gasteiger partial charge in [-0.2, -0.15) is 0 Å². The first-order valence-corrected chi connectivity index (χ1v) is 9.83. The van der Waals surface area contributed by atoms with Crippen LogP contribution in [0, 0.1) is 0 Å². The Morgan fingerprint density at radius 1 is 0.960 bits per heavy atom. The molecule has 1 amide bonds. The van der Waals surface area contributed by atoms with E-state index in [-0.39, 0.29) is 11.3 Å². The van der Waals surface area contributed by atoms with E-state index in [1.54, 1.807) is 31.3 Å². The molecule has 1 N–H and O–H groups in total. The number of hydrogen-bond acceptors (Lipinski definition) is 3. The highest BCUT2D eigenvalue weighted by Crippen LogP contribution is 2.24. The van der Waals surface area contributed by atoms with E-state index in [1.807, 2.05) is 24.3 Å². The third-order valence-electron chi connectivity index (χ3n) is 3.86. The van der Waals surface area contributed by atoms with Gasteiger partial charge in [0.25, 0.3) is 5.91 Å². The van der Waals surface area contributed by atoms with Crippen molar-refractivity contribution in [3.63, 3.8) is 0 Å². The Hall–Kier alpha value is -2.34. The molecule has 25 heavy (non-hydrogen) atoms. The lowest BCUT2D eigenvalue weighted by molar-refractivity contribution is 0.0993. The first-order valence-electron chi connectivity index (χ1n) is 7.94. The highest BCUT2D eigenvalue weighted by Gasteiger charge is 2.17. The molecule has 0 bridgehead atoms. The van der Waals surface area contributed by atoms with Crippen molar-refractivity contribution in [3.8, 4) is 0 Å². The number of nitrogens with zero attached hydrogens (tertiary/aromatic N) is 1. The fourth-order valence-corrected chi connectivity index (χ4v) is 2.96. The summed E-state index contributed by atoms with van der Waals surface area (Å²) < 4.78 is 24.9. The molecule has 2 rings (SSSR count). The van der Waals surface area contributed by atoms with E-state index in [9.17, 15) is 13.2 Å². The number of amides is 1. The van der Waals surface area contributed by atoms with Crippen LogP contribution in [0.2, 0.25) is 0 Å². The maximum Gasteiger partial charge on any atom is 0.258 e. The molecule has 0 fully saturated rings. The zero-order valence-corrected chi connectivity index (χ0v) is 16.0. The van der Waals surface area contributed by atoms with E-state index in [4.69, 9.17) is 0 Å². The average molecular weight is 360 g/mol. The number of nitrogens with one attached hydrogen (secondary N) is 1. The van der Waals surface area contributed by atoms with Gasteiger partial charge in [-0.1, -0.05) is 32.9 Å². The summed E-state index contributed by atoms with van der Waals surface area (Å²) in [6, 6.07) is 14.3. The number of rotatable bonds is 4. The Balaban J connectivity index is 2.16. The minimum absolute atomic E-state index is 0.0376. The van der Waals surface area contributed by atoms with Crippen LogP contribution in [0.1, 0.15) is 36.7 Å². The molecule has 2 aromatic carbocycles. The number of benzene rings is 2. The largest absolute Gasteiger partial charge is 0.311 e. The maximum atomic E-state index is 12.6. The summed E-state index contributed by atoms with van der Waals surface area (Å²) in [5, 5.41) is 0. The SMILES string of the molecule is CN(C(=O)c1ccc(C(C)(C)C)cc1)c1ccc(NS(C)(=O)=O)cc1. The monoisotopic (exact) mass is 360 g/mol. The van der Waals surface area contributed by atoms with Crippen LogP contribution in [0.5, 0.6) is 0 Å². The van der Waals surface area contributed by atoms with E-state index < -0.39 is 10.0 Å². The lowest BCUT2D eigenvalue weighted by Gasteiger charge is -2.21. The lowest BCUT2D eigenvalue weighted by Crippen LogP contribution is -2.26. The molecule has 0 aliphatic rings. The molecule has 0 radical (unpaired) electrons. The molecule has 0 aliphatic carbocycles. The highest BCUT2D eigenvalue weighted by atomic mass is 32.2. The molecule has 0 saturated carbocycles. The molecule has 0 aromatic heterocycles. The molecule has 5 nitrogen and oxygen atoms in total. The summed E-state index contributed by atoms with van der Waals surface area (Å²) in [4.78, 5) is 14.2. The third kappa shape index (κ3) is 5.06. The van der Waals surface area contributed by atoms with E-state index in [0.29, 0.717) is 16.9 Å². The fourth-order valence-electron chi connectivity index (χ4n) is 2.39. The minimum atomic E-state index is -3.32. The van der Waals surface area contributed by atoms with Gasteiger partial charge in [0.15, 0.2) is 0 Å². The molecule has 0 saturated heterocycles. The maximum absolute atomic E-state index is 12.6. The minimum Gasteiger partial charge on any atom is -0.311 e. The number of sulfonamides is 1. The molecule has 0 atom stereocenters. The van der Waals surface area contributed by atoms with Gasteiger partial charge in [-0.3, -0.25) is 9.52 Å². The molecular weight excluding hydrogens is 336 g/mol. The van der Waals surface area contributed by atoms with E-state index in [2.05, 4.69) is 25.5 Å². The number of anilines is 2. The first kappa shape index (κ1) is 19.0. The van der Waals surface area contributed by atoms with Crippen molar-refractivity contribution in [2.24, 2.45) is 0 Å². The van der Waals surface area contributed by atoms with Gasteiger partial charge >= 0.3 is 0 Å². The second-order valence-electron chi connectivity index (χ2n) is 7.11. The van der Waals surface area contributed by atoms with E-state index in [1.165, 1.54) is 10.5 Å². The average Bonchev–Trinajstić information content (AvgIpc) is 2.52. The quantitative estimate of drug-likeness (QED) is 0.905. The fraction of sp³-hybridized carbons (Fsp3) is 0.316. The van der Waals surface area contributed by atoms with Gasteiger partial charge in [0.2, 0.25) is 10.0 Å². The van der Waals surface area contributed by atoms with Gasteiger partial charge in [-0.15, -0.1) is 0 Å². The second-order valence-corrected chi connectivity index (χ2v) is 8.86. The summed E-state index contributed by atoms with van der Waals surface area (Å²) in [6.07, 6.45) is 1.10. The molecule has 6 heteroatoms. The van der Waals surface area contributed by atoms with Crippen molar-refractivity contribution in [3.05, 3.63) is 59.7 Å². The summed E-state index contributed by atoms with van der Waals surface area (Å²) >= 11 is 0. The van der Waals surface area contributed by atoms with Crippen LogP contribution < -0.4 is 9.62 Å². The number of hydrogen-bond donors (Lipinski definition) is 1. The predicted octanol–water partition coefficient (Wildman–Crippen LogP) is 3.63. The van der Waals surface area contributed by atoms with Gasteiger partial charge < -0.3 is 4.90 Å². The van der Waals surface area contributed by atoms with E-state index >= 15 is 0 Å². The Kier molecular flexibility index (Phi) is 5.23. The summed E-state index contributed by atoms with van der Waals surface area (Å²) in [5.74, 6) is -0.121. The standard InChI is InChI=1S/C19H24N2O3S/c1-19(2,3)15-8-6-14(7-9-15)18(22)21(4)17-12-10-16(11-13-17)20-25(5,23)24/h6-13,20H,1-5H3. The van der Waals surface area contributed by atoms with Crippen LogP contribution in [0.4, 0.5) is 11.4 Å². The van der Waals surface area contributed by atoms with Crippen molar-refractivity contribution in [2.45, 2.75) is 26.2 Å². The van der Waals surface area contributed by atoms with Crippen molar-refractivity contribution >= 4 is 27.3 Å². The Morgan fingerprint density at radius 3 is 1.92 bits per heavy atom. The van der Waals surface area contributed by atoms with Crippen molar-refractivity contribution in [1.82, 2.24) is 0 Å². The highest BCUT2D eigenvalue weighted by molar-refractivity contribution is 7.92. The normalized spacial score (nSPS) is 11.9. The number of carbonyl (C=O) groups excluding carboxylic acids is 1. The molecule has 0 aliphatic heterocycles. The Morgan fingerprint density at radius 2 is 1.48 bits per heavy atom. The van der Waals surface area contributed by atoms with Crippen molar-refractivity contribution in [1.29, 1.82) is 0 Å². The molecular formula is C19H24N2O3S. The molecule has 0 spiro atoms. The summed E-state index contributed by atoms with van der Waals surface area (Å²) in [6.45, 7) is 6.38. The van der Waals surface area contributed by atoms with Gasteiger partial charge in [0, 0.05) is 24.0 Å². The second kappa shape index (κ2) is 6.88. The van der Waals surface area contributed by atoms with Crippen LogP contribution in [-0.2, 0) is 15.4 Å². The van der Waals surface area contributed by atoms with Crippen LogP contribution >= 0.6 is 0 Å². The zero-order chi connectivity index (χ0) is 18.8. The summed E-state index contributed by atoms with van der Waals surface area (Å²) in [5.41, 5.74) is 2.96. The van der Waals surface area contributed by atoms with Crippen LogP contribution in [0.15, 0.2) is 48.5 Å². The topological polar surface area (TPSA) is 66.5 Å². The zero-order valence-electron chi connectivity index (χ0n) is 15.2. The van der Waals surface area contributed by atoms with Crippen molar-refractivity contribution in [2.75, 3.05) is 22.9 Å². The molecule has 2 aromatic rings. The van der Waals surface area contributed by atoms with Gasteiger partial charge in [0.05, 0.1) is 6.26 Å². The van der Waals surface area contributed by atoms with Crippen LogP contribution in [0.25, 0.3) is 0 Å².